The second-order valence-corrected chi connectivity index (χ2v) is 6.48. The summed E-state index contributed by atoms with van der Waals surface area (Å²) in [7, 11) is 1.57. The maximum atomic E-state index is 12.5. The van der Waals surface area contributed by atoms with Crippen LogP contribution in [0.15, 0.2) is 29.3 Å². The molecular weight excluding hydrogens is 349 g/mol. The standard InChI is InChI=1S/C17H25F3N4O2/c1-16(2,3)26-15(25)23-10-9-22-14(21-4)24-11-12-5-7-13(8-6-12)17(18,19)20/h5-8H,9-11H2,1-4H3,(H,23,25)(H2,21,22,24). The Kier molecular flexibility index (Phi) is 7.73. The minimum atomic E-state index is -4.34. The lowest BCUT2D eigenvalue weighted by molar-refractivity contribution is -0.137. The fourth-order valence-electron chi connectivity index (χ4n) is 1.88. The zero-order valence-electron chi connectivity index (χ0n) is 15.3. The zero-order valence-corrected chi connectivity index (χ0v) is 15.3. The second kappa shape index (κ2) is 9.30. The number of alkyl carbamates (subject to hydrolysis) is 1. The van der Waals surface area contributed by atoms with Crippen LogP contribution in [0.1, 0.15) is 31.9 Å². The Bertz CT molecular complexity index is 608. The van der Waals surface area contributed by atoms with Crippen LogP contribution in [0.2, 0.25) is 0 Å². The van der Waals surface area contributed by atoms with Gasteiger partial charge in [-0.25, -0.2) is 4.79 Å². The lowest BCUT2D eigenvalue weighted by Gasteiger charge is -2.20. The predicted molar refractivity (Wildman–Crippen MR) is 93.9 cm³/mol. The number of nitrogens with zero attached hydrogens (tertiary/aromatic N) is 1. The van der Waals surface area contributed by atoms with Crippen molar-refractivity contribution in [1.29, 1.82) is 0 Å². The summed E-state index contributed by atoms with van der Waals surface area (Å²) in [4.78, 5) is 15.5. The van der Waals surface area contributed by atoms with Crippen LogP contribution in [-0.2, 0) is 17.5 Å². The Morgan fingerprint density at radius 3 is 2.12 bits per heavy atom. The first kappa shape index (κ1) is 21.6. The van der Waals surface area contributed by atoms with Crippen molar-refractivity contribution < 1.29 is 22.7 Å². The third-order valence-corrected chi connectivity index (χ3v) is 3.05. The summed E-state index contributed by atoms with van der Waals surface area (Å²) in [5, 5.41) is 8.57. The topological polar surface area (TPSA) is 74.8 Å². The molecule has 1 aromatic carbocycles. The molecule has 0 aliphatic heterocycles. The molecule has 0 atom stereocenters. The average Bonchev–Trinajstić information content (AvgIpc) is 2.52. The number of benzene rings is 1. The summed E-state index contributed by atoms with van der Waals surface area (Å²) in [6, 6.07) is 4.90. The number of hydrogen-bond donors (Lipinski definition) is 3. The lowest BCUT2D eigenvalue weighted by atomic mass is 10.1. The van der Waals surface area contributed by atoms with Crippen molar-refractivity contribution >= 4 is 12.1 Å². The van der Waals surface area contributed by atoms with E-state index in [0.717, 1.165) is 12.1 Å². The Morgan fingerprint density at radius 1 is 1.04 bits per heavy atom. The van der Waals surface area contributed by atoms with E-state index >= 15 is 0 Å². The smallest absolute Gasteiger partial charge is 0.416 e. The molecule has 1 rings (SSSR count). The predicted octanol–water partition coefficient (Wildman–Crippen LogP) is 2.90. The van der Waals surface area contributed by atoms with E-state index in [9.17, 15) is 18.0 Å². The number of carbonyl (C=O) groups excluding carboxylic acids is 1. The summed E-state index contributed by atoms with van der Waals surface area (Å²) in [5.74, 6) is 0.468. The highest BCUT2D eigenvalue weighted by Gasteiger charge is 2.29. The van der Waals surface area contributed by atoms with Gasteiger partial charge in [-0.05, 0) is 38.5 Å². The fraction of sp³-hybridized carbons (Fsp3) is 0.529. The number of amides is 1. The highest BCUT2D eigenvalue weighted by molar-refractivity contribution is 5.79. The Morgan fingerprint density at radius 2 is 1.62 bits per heavy atom. The number of rotatable bonds is 5. The molecule has 3 N–H and O–H groups in total. The molecule has 0 fully saturated rings. The van der Waals surface area contributed by atoms with Gasteiger partial charge in [0.1, 0.15) is 5.60 Å². The highest BCUT2D eigenvalue weighted by atomic mass is 19.4. The van der Waals surface area contributed by atoms with Gasteiger partial charge in [0.2, 0.25) is 0 Å². The van der Waals surface area contributed by atoms with Crippen molar-refractivity contribution in [2.75, 3.05) is 20.1 Å². The van der Waals surface area contributed by atoms with Crippen molar-refractivity contribution in [2.45, 2.75) is 39.1 Å². The van der Waals surface area contributed by atoms with E-state index in [1.54, 1.807) is 27.8 Å². The molecule has 26 heavy (non-hydrogen) atoms. The Hall–Kier alpha value is -2.45. The van der Waals surface area contributed by atoms with Crippen LogP contribution in [0.4, 0.5) is 18.0 Å². The van der Waals surface area contributed by atoms with Crippen LogP contribution in [-0.4, -0.2) is 37.8 Å². The molecule has 1 aromatic rings. The molecule has 0 bridgehead atoms. The van der Waals surface area contributed by atoms with Gasteiger partial charge in [0.05, 0.1) is 5.56 Å². The van der Waals surface area contributed by atoms with E-state index in [4.69, 9.17) is 4.74 Å². The van der Waals surface area contributed by atoms with Gasteiger partial charge in [-0.15, -0.1) is 0 Å². The van der Waals surface area contributed by atoms with Crippen molar-refractivity contribution in [3.8, 4) is 0 Å². The molecule has 146 valence electrons. The second-order valence-electron chi connectivity index (χ2n) is 6.48. The van der Waals surface area contributed by atoms with E-state index < -0.39 is 23.4 Å². The quantitative estimate of drug-likeness (QED) is 0.421. The first-order chi connectivity index (χ1) is 12.0. The van der Waals surface area contributed by atoms with E-state index in [1.165, 1.54) is 12.1 Å². The maximum Gasteiger partial charge on any atom is 0.416 e. The molecule has 0 aromatic heterocycles. The lowest BCUT2D eigenvalue weighted by Crippen LogP contribution is -2.42. The van der Waals surface area contributed by atoms with Gasteiger partial charge >= 0.3 is 12.3 Å². The number of nitrogens with one attached hydrogen (secondary N) is 3. The van der Waals surface area contributed by atoms with E-state index in [2.05, 4.69) is 20.9 Å². The summed E-state index contributed by atoms with van der Waals surface area (Å²) < 4.78 is 42.7. The van der Waals surface area contributed by atoms with Crippen LogP contribution in [0.5, 0.6) is 0 Å². The number of alkyl halides is 3. The van der Waals surface area contributed by atoms with Crippen molar-refractivity contribution in [2.24, 2.45) is 4.99 Å². The number of hydrogen-bond acceptors (Lipinski definition) is 3. The molecule has 0 aliphatic rings. The van der Waals surface area contributed by atoms with Gasteiger partial charge in [0.25, 0.3) is 0 Å². The van der Waals surface area contributed by atoms with Crippen molar-refractivity contribution in [3.05, 3.63) is 35.4 Å². The average molecular weight is 374 g/mol. The molecule has 1 amide bonds. The summed E-state index contributed by atoms with van der Waals surface area (Å²) >= 11 is 0. The van der Waals surface area contributed by atoms with E-state index in [1.807, 2.05) is 0 Å². The maximum absolute atomic E-state index is 12.5. The van der Waals surface area contributed by atoms with Crippen LogP contribution in [0, 0.1) is 0 Å². The molecule has 0 saturated carbocycles. The van der Waals surface area contributed by atoms with Gasteiger partial charge in [0.15, 0.2) is 5.96 Å². The SMILES string of the molecule is CN=C(NCCNC(=O)OC(C)(C)C)NCc1ccc(C(F)(F)F)cc1. The summed E-state index contributed by atoms with van der Waals surface area (Å²) in [6.07, 6.45) is -4.85. The molecule has 9 heteroatoms. The van der Waals surface area contributed by atoms with Crippen LogP contribution in [0.25, 0.3) is 0 Å². The van der Waals surface area contributed by atoms with Crippen LogP contribution >= 0.6 is 0 Å². The summed E-state index contributed by atoms with van der Waals surface area (Å²) in [5.41, 5.74) is -0.554. The largest absolute Gasteiger partial charge is 0.444 e. The van der Waals surface area contributed by atoms with Crippen molar-refractivity contribution in [3.63, 3.8) is 0 Å². The van der Waals surface area contributed by atoms with Gasteiger partial charge in [0, 0.05) is 26.7 Å². The Labute approximate surface area is 151 Å². The summed E-state index contributed by atoms with van der Waals surface area (Å²) in [6.45, 7) is 6.38. The third-order valence-electron chi connectivity index (χ3n) is 3.05. The molecule has 0 spiro atoms. The van der Waals surface area contributed by atoms with E-state index in [-0.39, 0.29) is 0 Å². The van der Waals surface area contributed by atoms with Gasteiger partial charge < -0.3 is 20.7 Å². The van der Waals surface area contributed by atoms with Crippen molar-refractivity contribution in [1.82, 2.24) is 16.0 Å². The Balaban J connectivity index is 2.34. The minimum absolute atomic E-state index is 0.317. The van der Waals surface area contributed by atoms with Gasteiger partial charge in [-0.3, -0.25) is 4.99 Å². The number of ether oxygens (including phenoxy) is 1. The first-order valence-electron chi connectivity index (χ1n) is 8.09. The molecule has 0 aliphatic carbocycles. The van der Waals surface area contributed by atoms with Gasteiger partial charge in [-0.1, -0.05) is 12.1 Å². The molecule has 0 radical (unpaired) electrons. The monoisotopic (exact) mass is 374 g/mol. The third kappa shape index (κ3) is 8.59. The molecule has 0 saturated heterocycles. The van der Waals surface area contributed by atoms with E-state index in [0.29, 0.717) is 31.2 Å². The number of aliphatic imine (C=N–C) groups is 1. The molecule has 0 unspecified atom stereocenters. The highest BCUT2D eigenvalue weighted by Crippen LogP contribution is 2.28. The molecule has 6 nitrogen and oxygen atoms in total. The number of halogens is 3. The first-order valence-corrected chi connectivity index (χ1v) is 8.09. The number of guanidine groups is 1. The molecular formula is C17H25F3N4O2. The zero-order chi connectivity index (χ0) is 19.8. The van der Waals surface area contributed by atoms with Crippen LogP contribution < -0.4 is 16.0 Å². The number of carbonyl (C=O) groups is 1. The van der Waals surface area contributed by atoms with Crippen LogP contribution in [0.3, 0.4) is 0 Å². The fourth-order valence-corrected chi connectivity index (χ4v) is 1.88. The molecule has 0 heterocycles. The van der Waals surface area contributed by atoms with Gasteiger partial charge in [-0.2, -0.15) is 13.2 Å². The minimum Gasteiger partial charge on any atom is -0.444 e. The normalized spacial score (nSPS) is 12.5.